The molecule has 3 nitrogen and oxygen atoms in total. The van der Waals surface area contributed by atoms with Crippen LogP contribution >= 0.6 is 0 Å². The van der Waals surface area contributed by atoms with Crippen molar-refractivity contribution < 1.29 is 23.0 Å². The number of ether oxygens (including phenoxy) is 1. The summed E-state index contributed by atoms with van der Waals surface area (Å²) in [5.41, 5.74) is 4.92. The smallest absolute Gasteiger partial charge is 0.420 e. The maximum atomic E-state index is 14.1. The summed E-state index contributed by atoms with van der Waals surface area (Å²) >= 11 is 0. The van der Waals surface area contributed by atoms with Gasteiger partial charge in [0, 0.05) is 0 Å². The first-order valence-electron chi connectivity index (χ1n) is 11.4. The molecule has 6 heteroatoms. The molecule has 31 heavy (non-hydrogen) atoms. The van der Waals surface area contributed by atoms with E-state index in [9.17, 15) is 18.3 Å². The highest BCUT2D eigenvalue weighted by atomic mass is 19.4. The molecule has 2 aliphatic carbocycles. The molecule has 3 N–H and O–H groups in total. The monoisotopic (exact) mass is 435 g/mol. The fourth-order valence-electron chi connectivity index (χ4n) is 5.43. The van der Waals surface area contributed by atoms with Crippen molar-refractivity contribution in [2.75, 3.05) is 6.61 Å². The summed E-state index contributed by atoms with van der Waals surface area (Å²) in [5.74, 6) is 1.42. The summed E-state index contributed by atoms with van der Waals surface area (Å²) in [6, 6.07) is 7.71. The SMILES string of the molecule is C[C@](N)(CO)c1ccc2c(C(F)(F)F)c(O[C@H]3CC[C@@H](C4CCCC4)CC3)ccc2c1. The maximum Gasteiger partial charge on any atom is 0.420 e. The Hall–Kier alpha value is -1.79. The average molecular weight is 436 g/mol. The number of aliphatic hydroxyl groups is 1. The normalized spacial score (nSPS) is 25.0. The second kappa shape index (κ2) is 8.62. The lowest BCUT2D eigenvalue weighted by atomic mass is 9.78. The van der Waals surface area contributed by atoms with Gasteiger partial charge in [-0.05, 0) is 72.9 Å². The summed E-state index contributed by atoms with van der Waals surface area (Å²) in [7, 11) is 0. The van der Waals surface area contributed by atoms with Crippen LogP contribution in [-0.4, -0.2) is 17.8 Å². The van der Waals surface area contributed by atoms with Crippen LogP contribution in [0.1, 0.15) is 69.4 Å². The lowest BCUT2D eigenvalue weighted by Gasteiger charge is -2.33. The highest BCUT2D eigenvalue weighted by Gasteiger charge is 2.38. The first kappa shape index (κ1) is 22.4. The van der Waals surface area contributed by atoms with Gasteiger partial charge in [0.2, 0.25) is 0 Å². The van der Waals surface area contributed by atoms with Gasteiger partial charge in [0.1, 0.15) is 11.3 Å². The van der Waals surface area contributed by atoms with Gasteiger partial charge in [-0.15, -0.1) is 0 Å². The minimum atomic E-state index is -4.53. The highest BCUT2D eigenvalue weighted by molar-refractivity contribution is 5.89. The third-order valence-corrected chi connectivity index (χ3v) is 7.33. The van der Waals surface area contributed by atoms with E-state index in [0.29, 0.717) is 16.9 Å². The molecule has 2 aromatic carbocycles. The lowest BCUT2D eigenvalue weighted by Crippen LogP contribution is -2.36. The zero-order valence-electron chi connectivity index (χ0n) is 18.0. The molecule has 2 fully saturated rings. The van der Waals surface area contributed by atoms with Gasteiger partial charge in [0.05, 0.1) is 18.2 Å². The van der Waals surface area contributed by atoms with Crippen LogP contribution in [0.3, 0.4) is 0 Å². The molecular formula is C25H32F3NO2. The van der Waals surface area contributed by atoms with E-state index in [4.69, 9.17) is 10.5 Å². The van der Waals surface area contributed by atoms with E-state index in [1.54, 1.807) is 25.1 Å². The van der Waals surface area contributed by atoms with Gasteiger partial charge in [0.15, 0.2) is 0 Å². The van der Waals surface area contributed by atoms with Crippen LogP contribution < -0.4 is 10.5 Å². The van der Waals surface area contributed by atoms with Crippen LogP contribution in [0.15, 0.2) is 30.3 Å². The van der Waals surface area contributed by atoms with Gasteiger partial charge in [-0.2, -0.15) is 13.2 Å². The molecule has 2 aromatic rings. The molecule has 1 atom stereocenters. The quantitative estimate of drug-likeness (QED) is 0.592. The second-order valence-electron chi connectivity index (χ2n) is 9.65. The third-order valence-electron chi connectivity index (χ3n) is 7.33. The standard InChI is InChI=1S/C25H32F3NO2/c1-24(29,15-30)19-9-12-21-18(14-19)8-13-22(23(21)25(26,27)28)31-20-10-6-17(7-11-20)16-4-2-3-5-16/h8-9,12-14,16-17,20,30H,2-7,10-11,15,29H2,1H3/t17-,20+,24-/m0/s1. The molecule has 0 unspecified atom stereocenters. The Morgan fingerprint density at radius 2 is 1.61 bits per heavy atom. The maximum absolute atomic E-state index is 14.1. The first-order valence-corrected chi connectivity index (χ1v) is 11.4. The van der Waals surface area contributed by atoms with E-state index in [1.165, 1.54) is 37.8 Å². The number of halogens is 3. The van der Waals surface area contributed by atoms with Gasteiger partial charge in [-0.3, -0.25) is 0 Å². The number of fused-ring (bicyclic) bond motifs is 1. The van der Waals surface area contributed by atoms with Crippen molar-refractivity contribution in [3.8, 4) is 5.75 Å². The topological polar surface area (TPSA) is 55.5 Å². The van der Waals surface area contributed by atoms with Crippen LogP contribution in [0, 0.1) is 11.8 Å². The average Bonchev–Trinajstić information content (AvgIpc) is 3.27. The van der Waals surface area contributed by atoms with Crippen LogP contribution in [0.2, 0.25) is 0 Å². The van der Waals surface area contributed by atoms with Crippen LogP contribution in [0.25, 0.3) is 10.8 Å². The van der Waals surface area contributed by atoms with Crippen molar-refractivity contribution in [2.45, 2.75) is 76.1 Å². The Kier molecular flexibility index (Phi) is 6.23. The fraction of sp³-hybridized carbons (Fsp3) is 0.600. The largest absolute Gasteiger partial charge is 0.490 e. The zero-order valence-corrected chi connectivity index (χ0v) is 18.0. The van der Waals surface area contributed by atoms with Gasteiger partial charge >= 0.3 is 6.18 Å². The second-order valence-corrected chi connectivity index (χ2v) is 9.65. The number of alkyl halides is 3. The zero-order chi connectivity index (χ0) is 22.2. The molecule has 0 aliphatic heterocycles. The van der Waals surface area contributed by atoms with Crippen molar-refractivity contribution >= 4 is 10.8 Å². The van der Waals surface area contributed by atoms with Gasteiger partial charge in [0.25, 0.3) is 0 Å². The van der Waals surface area contributed by atoms with E-state index in [0.717, 1.165) is 31.6 Å². The minimum Gasteiger partial charge on any atom is -0.490 e. The number of rotatable bonds is 5. The molecule has 170 valence electrons. The predicted octanol–water partition coefficient (Wildman–Crippen LogP) is 6.15. The third kappa shape index (κ3) is 4.70. The van der Waals surface area contributed by atoms with Crippen molar-refractivity contribution in [3.63, 3.8) is 0 Å². The summed E-state index contributed by atoms with van der Waals surface area (Å²) in [6.07, 6.45) is 4.27. The molecule has 0 heterocycles. The Morgan fingerprint density at radius 3 is 2.23 bits per heavy atom. The van der Waals surface area contributed by atoms with E-state index in [1.807, 2.05) is 0 Å². The number of aliphatic hydroxyl groups excluding tert-OH is 1. The molecule has 2 saturated carbocycles. The summed E-state index contributed by atoms with van der Waals surface area (Å²) < 4.78 is 48.1. The van der Waals surface area contributed by atoms with Gasteiger partial charge in [-0.25, -0.2) is 0 Å². The van der Waals surface area contributed by atoms with Crippen LogP contribution in [0.4, 0.5) is 13.2 Å². The Morgan fingerprint density at radius 1 is 0.968 bits per heavy atom. The molecule has 0 saturated heterocycles. The first-order chi connectivity index (χ1) is 14.7. The van der Waals surface area contributed by atoms with E-state index < -0.39 is 17.3 Å². The summed E-state index contributed by atoms with van der Waals surface area (Å²) in [6.45, 7) is 1.35. The Bertz CT molecular complexity index is 911. The molecule has 0 radical (unpaired) electrons. The van der Waals surface area contributed by atoms with Crippen molar-refractivity contribution in [1.82, 2.24) is 0 Å². The van der Waals surface area contributed by atoms with Crippen LogP contribution in [0.5, 0.6) is 5.75 Å². The molecule has 0 amide bonds. The number of hydrogen-bond acceptors (Lipinski definition) is 3. The molecule has 2 aliphatic rings. The van der Waals surface area contributed by atoms with Crippen molar-refractivity contribution in [1.29, 1.82) is 0 Å². The molecule has 4 rings (SSSR count). The van der Waals surface area contributed by atoms with Crippen molar-refractivity contribution in [2.24, 2.45) is 17.6 Å². The molecule has 0 aromatic heterocycles. The number of benzene rings is 2. The lowest BCUT2D eigenvalue weighted by molar-refractivity contribution is -0.138. The molecule has 0 bridgehead atoms. The highest BCUT2D eigenvalue weighted by Crippen LogP contribution is 2.44. The fourth-order valence-corrected chi connectivity index (χ4v) is 5.43. The van der Waals surface area contributed by atoms with E-state index in [2.05, 4.69) is 0 Å². The molecule has 0 spiro atoms. The van der Waals surface area contributed by atoms with Crippen LogP contribution in [-0.2, 0) is 11.7 Å². The van der Waals surface area contributed by atoms with Gasteiger partial charge in [-0.1, -0.05) is 43.9 Å². The molecular weight excluding hydrogens is 403 g/mol. The van der Waals surface area contributed by atoms with Crippen molar-refractivity contribution in [3.05, 3.63) is 41.5 Å². The Labute approximate surface area is 181 Å². The Balaban J connectivity index is 1.58. The summed E-state index contributed by atoms with van der Waals surface area (Å²) in [5, 5.41) is 10.0. The number of nitrogens with two attached hydrogens (primary N) is 1. The minimum absolute atomic E-state index is 0.0882. The van der Waals surface area contributed by atoms with Gasteiger partial charge < -0.3 is 15.6 Å². The summed E-state index contributed by atoms with van der Waals surface area (Å²) in [4.78, 5) is 0. The predicted molar refractivity (Wildman–Crippen MR) is 116 cm³/mol. The van der Waals surface area contributed by atoms with E-state index in [-0.39, 0.29) is 23.8 Å². The van der Waals surface area contributed by atoms with E-state index >= 15 is 0 Å². The number of hydrogen-bond donors (Lipinski definition) is 2.